The third-order valence-corrected chi connectivity index (χ3v) is 6.48. The number of sulfonamides is 1. The Kier molecular flexibility index (Phi) is 4.86. The van der Waals surface area contributed by atoms with Crippen molar-refractivity contribution in [2.45, 2.75) is 37.6 Å². The van der Waals surface area contributed by atoms with Gasteiger partial charge in [0, 0.05) is 10.9 Å². The molecule has 0 unspecified atom stereocenters. The SMILES string of the molecule is CCC(C)(C)NC(=O)COC(=O)CN1c2cccc3cccc(c23)S1(=O)=O. The van der Waals surface area contributed by atoms with Crippen LogP contribution in [0.2, 0.25) is 0 Å². The van der Waals surface area contributed by atoms with Crippen LogP contribution in [-0.2, 0) is 24.3 Å². The van der Waals surface area contributed by atoms with Crippen LogP contribution in [0, 0.1) is 0 Å². The van der Waals surface area contributed by atoms with Gasteiger partial charge >= 0.3 is 5.97 Å². The van der Waals surface area contributed by atoms with Gasteiger partial charge in [-0.15, -0.1) is 0 Å². The van der Waals surface area contributed by atoms with Crippen molar-refractivity contribution in [2.75, 3.05) is 17.5 Å². The number of benzene rings is 2. The Morgan fingerprint density at radius 3 is 2.48 bits per heavy atom. The van der Waals surface area contributed by atoms with Gasteiger partial charge in [0.15, 0.2) is 6.61 Å². The van der Waals surface area contributed by atoms with Crippen molar-refractivity contribution >= 4 is 38.4 Å². The molecular formula is C19H22N2O5S. The van der Waals surface area contributed by atoms with Gasteiger partial charge < -0.3 is 10.1 Å². The van der Waals surface area contributed by atoms with Crippen LogP contribution in [0.3, 0.4) is 0 Å². The van der Waals surface area contributed by atoms with Crippen LogP contribution in [0.25, 0.3) is 10.8 Å². The Morgan fingerprint density at radius 2 is 1.81 bits per heavy atom. The summed E-state index contributed by atoms with van der Waals surface area (Å²) in [6.45, 7) is 4.72. The lowest BCUT2D eigenvalue weighted by molar-refractivity contribution is -0.147. The first-order chi connectivity index (χ1) is 12.7. The molecule has 0 fully saturated rings. The Balaban J connectivity index is 1.73. The summed E-state index contributed by atoms with van der Waals surface area (Å²) in [7, 11) is -3.83. The maximum Gasteiger partial charge on any atom is 0.327 e. The molecule has 144 valence electrons. The van der Waals surface area contributed by atoms with Crippen molar-refractivity contribution in [3.63, 3.8) is 0 Å². The summed E-state index contributed by atoms with van der Waals surface area (Å²) >= 11 is 0. The number of ether oxygens (including phenoxy) is 1. The molecule has 3 rings (SSSR count). The van der Waals surface area contributed by atoms with Gasteiger partial charge in [-0.1, -0.05) is 31.2 Å². The van der Waals surface area contributed by atoms with E-state index in [1.54, 1.807) is 18.2 Å². The molecule has 2 aromatic carbocycles. The third kappa shape index (κ3) is 3.62. The maximum absolute atomic E-state index is 12.8. The second kappa shape index (κ2) is 6.84. The molecule has 1 aliphatic heterocycles. The molecule has 7 nitrogen and oxygen atoms in total. The van der Waals surface area contributed by atoms with E-state index in [0.717, 1.165) is 16.1 Å². The number of anilines is 1. The maximum atomic E-state index is 12.8. The molecule has 0 radical (unpaired) electrons. The van der Waals surface area contributed by atoms with E-state index in [4.69, 9.17) is 4.74 Å². The standard InChI is InChI=1S/C19H22N2O5S/c1-4-19(2,3)20-16(22)12-26-17(23)11-21-14-9-5-7-13-8-6-10-15(18(13)14)27(21,24)25/h5-10H,4,11-12H2,1-3H3,(H,20,22). The van der Waals surface area contributed by atoms with Gasteiger partial charge in [-0.3, -0.25) is 13.9 Å². The van der Waals surface area contributed by atoms with E-state index >= 15 is 0 Å². The quantitative estimate of drug-likeness (QED) is 0.764. The molecule has 2 aromatic rings. The average Bonchev–Trinajstić information content (AvgIpc) is 2.83. The van der Waals surface area contributed by atoms with Crippen LogP contribution in [0.1, 0.15) is 27.2 Å². The highest BCUT2D eigenvalue weighted by molar-refractivity contribution is 7.93. The highest BCUT2D eigenvalue weighted by Crippen LogP contribution is 2.41. The van der Waals surface area contributed by atoms with Crippen LogP contribution in [0.15, 0.2) is 41.3 Å². The average molecular weight is 390 g/mol. The molecule has 0 atom stereocenters. The molecule has 0 aromatic heterocycles. The fourth-order valence-corrected chi connectivity index (χ4v) is 4.59. The summed E-state index contributed by atoms with van der Waals surface area (Å²) in [6.07, 6.45) is 0.723. The Labute approximate surface area is 158 Å². The highest BCUT2D eigenvalue weighted by Gasteiger charge is 2.37. The Morgan fingerprint density at radius 1 is 1.15 bits per heavy atom. The van der Waals surface area contributed by atoms with E-state index in [9.17, 15) is 18.0 Å². The van der Waals surface area contributed by atoms with E-state index in [1.807, 2.05) is 32.9 Å². The number of carbonyl (C=O) groups excluding carboxylic acids is 2. The van der Waals surface area contributed by atoms with Crippen molar-refractivity contribution in [1.29, 1.82) is 0 Å². The molecule has 1 amide bonds. The number of hydrogen-bond acceptors (Lipinski definition) is 5. The first kappa shape index (κ1) is 19.2. The van der Waals surface area contributed by atoms with Crippen LogP contribution >= 0.6 is 0 Å². The summed E-state index contributed by atoms with van der Waals surface area (Å²) in [5.74, 6) is -1.21. The van der Waals surface area contributed by atoms with Gasteiger partial charge in [0.1, 0.15) is 6.54 Å². The number of rotatable bonds is 6. The summed E-state index contributed by atoms with van der Waals surface area (Å²) in [5.41, 5.74) is 0.0376. The van der Waals surface area contributed by atoms with Crippen LogP contribution in [0.5, 0.6) is 0 Å². The second-order valence-electron chi connectivity index (χ2n) is 7.09. The molecule has 8 heteroatoms. The monoisotopic (exact) mass is 390 g/mol. The molecule has 0 saturated heterocycles. The van der Waals surface area contributed by atoms with Crippen LogP contribution in [-0.4, -0.2) is 39.0 Å². The fraction of sp³-hybridized carbons (Fsp3) is 0.368. The molecule has 1 N–H and O–H groups in total. The Hall–Kier alpha value is -2.61. The fourth-order valence-electron chi connectivity index (χ4n) is 2.94. The smallest absolute Gasteiger partial charge is 0.327 e. The van der Waals surface area contributed by atoms with E-state index in [2.05, 4.69) is 5.32 Å². The predicted octanol–water partition coefficient (Wildman–Crippen LogP) is 2.20. The van der Waals surface area contributed by atoms with Crippen molar-refractivity contribution in [3.05, 3.63) is 36.4 Å². The van der Waals surface area contributed by atoms with Crippen LogP contribution in [0.4, 0.5) is 5.69 Å². The number of esters is 1. The van der Waals surface area contributed by atoms with Crippen molar-refractivity contribution in [2.24, 2.45) is 0 Å². The summed E-state index contributed by atoms with van der Waals surface area (Å²) in [4.78, 5) is 24.3. The summed E-state index contributed by atoms with van der Waals surface area (Å²) < 4.78 is 31.6. The number of amides is 1. The first-order valence-electron chi connectivity index (χ1n) is 8.67. The molecule has 27 heavy (non-hydrogen) atoms. The van der Waals surface area contributed by atoms with Gasteiger partial charge in [0.25, 0.3) is 15.9 Å². The van der Waals surface area contributed by atoms with Crippen molar-refractivity contribution < 1.29 is 22.7 Å². The van der Waals surface area contributed by atoms with Crippen molar-refractivity contribution in [3.8, 4) is 0 Å². The molecule has 0 spiro atoms. The number of carbonyl (C=O) groups is 2. The highest BCUT2D eigenvalue weighted by atomic mass is 32.2. The largest absolute Gasteiger partial charge is 0.454 e. The molecule has 1 heterocycles. The van der Waals surface area contributed by atoms with Gasteiger partial charge in [0.05, 0.1) is 10.6 Å². The lowest BCUT2D eigenvalue weighted by atomic mass is 10.0. The zero-order valence-electron chi connectivity index (χ0n) is 15.5. The lowest BCUT2D eigenvalue weighted by Crippen LogP contribution is -2.45. The topological polar surface area (TPSA) is 92.8 Å². The summed E-state index contributed by atoms with van der Waals surface area (Å²) in [6, 6.07) is 10.2. The second-order valence-corrected chi connectivity index (χ2v) is 8.92. The van der Waals surface area contributed by atoms with E-state index < -0.39 is 40.6 Å². The number of nitrogens with zero attached hydrogens (tertiary/aromatic N) is 1. The molecule has 0 saturated carbocycles. The normalized spacial score (nSPS) is 15.0. The van der Waals surface area contributed by atoms with E-state index in [0.29, 0.717) is 11.1 Å². The van der Waals surface area contributed by atoms with Crippen molar-refractivity contribution in [1.82, 2.24) is 5.32 Å². The van der Waals surface area contributed by atoms with Gasteiger partial charge in [-0.2, -0.15) is 0 Å². The Bertz CT molecular complexity index is 1010. The van der Waals surface area contributed by atoms with E-state index in [-0.39, 0.29) is 4.90 Å². The van der Waals surface area contributed by atoms with Gasteiger partial charge in [0.2, 0.25) is 0 Å². The minimum atomic E-state index is -3.83. The van der Waals surface area contributed by atoms with E-state index in [1.165, 1.54) is 6.07 Å². The molecule has 0 aliphatic carbocycles. The number of nitrogens with one attached hydrogen (secondary N) is 1. The zero-order valence-corrected chi connectivity index (χ0v) is 16.3. The first-order valence-corrected chi connectivity index (χ1v) is 10.1. The third-order valence-electron chi connectivity index (χ3n) is 4.68. The van der Waals surface area contributed by atoms with Gasteiger partial charge in [-0.05, 0) is 37.8 Å². The molecular weight excluding hydrogens is 368 g/mol. The number of hydrogen-bond donors (Lipinski definition) is 1. The minimum Gasteiger partial charge on any atom is -0.454 e. The van der Waals surface area contributed by atoms with Crippen LogP contribution < -0.4 is 9.62 Å². The minimum absolute atomic E-state index is 0.172. The lowest BCUT2D eigenvalue weighted by Gasteiger charge is -2.24. The predicted molar refractivity (Wildman–Crippen MR) is 102 cm³/mol. The van der Waals surface area contributed by atoms with Gasteiger partial charge in [-0.25, -0.2) is 8.42 Å². The summed E-state index contributed by atoms with van der Waals surface area (Å²) in [5, 5.41) is 4.13. The zero-order chi connectivity index (χ0) is 19.8. The molecule has 1 aliphatic rings. The molecule has 0 bridgehead atoms.